The van der Waals surface area contributed by atoms with Gasteiger partial charge in [0.1, 0.15) is 6.04 Å². The summed E-state index contributed by atoms with van der Waals surface area (Å²) in [6.07, 6.45) is 4.88. The van der Waals surface area contributed by atoms with Crippen LogP contribution in [0.1, 0.15) is 43.9 Å². The topological polar surface area (TPSA) is 65.5 Å². The Morgan fingerprint density at radius 3 is 2.40 bits per heavy atom. The zero-order chi connectivity index (χ0) is 21.3. The Morgan fingerprint density at radius 1 is 1.10 bits per heavy atom. The molecule has 1 fully saturated rings. The molecule has 0 saturated carbocycles. The van der Waals surface area contributed by atoms with E-state index in [1.54, 1.807) is 12.4 Å². The zero-order valence-electron chi connectivity index (χ0n) is 18.0. The van der Waals surface area contributed by atoms with Gasteiger partial charge in [0.05, 0.1) is 0 Å². The van der Waals surface area contributed by atoms with Crippen molar-refractivity contribution in [1.82, 2.24) is 20.1 Å². The van der Waals surface area contributed by atoms with Crippen molar-refractivity contribution >= 4 is 11.8 Å². The molecular formula is C24H32N4O2. The predicted octanol–water partition coefficient (Wildman–Crippen LogP) is 3.02. The molecule has 0 aliphatic carbocycles. The normalized spacial score (nSPS) is 15.8. The van der Waals surface area contributed by atoms with Crippen molar-refractivity contribution in [2.24, 2.45) is 5.92 Å². The van der Waals surface area contributed by atoms with Gasteiger partial charge in [0.2, 0.25) is 11.8 Å². The lowest BCUT2D eigenvalue weighted by Crippen LogP contribution is -2.48. The van der Waals surface area contributed by atoms with E-state index in [2.05, 4.69) is 29.0 Å². The van der Waals surface area contributed by atoms with Crippen LogP contribution in [0.5, 0.6) is 0 Å². The molecule has 1 aromatic carbocycles. The first-order valence-electron chi connectivity index (χ1n) is 10.9. The predicted molar refractivity (Wildman–Crippen MR) is 117 cm³/mol. The molecule has 1 saturated heterocycles. The summed E-state index contributed by atoms with van der Waals surface area (Å²) >= 11 is 0. The average Bonchev–Trinajstić information content (AvgIpc) is 2.82. The number of likely N-dealkylation sites (N-methyl/N-ethyl adjacent to an activating group) is 1. The van der Waals surface area contributed by atoms with E-state index < -0.39 is 0 Å². The summed E-state index contributed by atoms with van der Waals surface area (Å²) in [5.74, 6) is 0.155. The molecule has 3 rings (SSSR count). The van der Waals surface area contributed by atoms with Gasteiger partial charge >= 0.3 is 0 Å². The van der Waals surface area contributed by atoms with Crippen molar-refractivity contribution in [1.29, 1.82) is 0 Å². The summed E-state index contributed by atoms with van der Waals surface area (Å²) in [6, 6.07) is 13.5. The maximum Gasteiger partial charge on any atom is 0.244 e. The maximum atomic E-state index is 13.4. The third-order valence-electron chi connectivity index (χ3n) is 5.89. The highest BCUT2D eigenvalue weighted by atomic mass is 16.2. The van der Waals surface area contributed by atoms with Gasteiger partial charge in [-0.15, -0.1) is 0 Å². The molecule has 1 aliphatic rings. The van der Waals surface area contributed by atoms with Crippen LogP contribution in [0.2, 0.25) is 0 Å². The van der Waals surface area contributed by atoms with Crippen LogP contribution in [0, 0.1) is 5.92 Å². The number of hydrogen-bond acceptors (Lipinski definition) is 4. The lowest BCUT2D eigenvalue weighted by Gasteiger charge is -2.37. The first kappa shape index (κ1) is 22.0. The zero-order valence-corrected chi connectivity index (χ0v) is 18.0. The number of aromatic nitrogens is 1. The summed E-state index contributed by atoms with van der Waals surface area (Å²) in [7, 11) is 0. The van der Waals surface area contributed by atoms with Gasteiger partial charge in [-0.3, -0.25) is 19.5 Å². The van der Waals surface area contributed by atoms with Gasteiger partial charge < -0.3 is 10.2 Å². The number of carbonyl (C=O) groups excluding carboxylic acids is 2. The van der Waals surface area contributed by atoms with Crippen molar-refractivity contribution in [3.05, 3.63) is 66.0 Å². The quantitative estimate of drug-likeness (QED) is 0.729. The van der Waals surface area contributed by atoms with Crippen molar-refractivity contribution < 1.29 is 9.59 Å². The van der Waals surface area contributed by atoms with Crippen molar-refractivity contribution in [3.8, 4) is 0 Å². The van der Waals surface area contributed by atoms with Crippen LogP contribution in [0.3, 0.4) is 0 Å². The van der Waals surface area contributed by atoms with Crippen molar-refractivity contribution in [2.75, 3.05) is 26.2 Å². The molecule has 0 bridgehead atoms. The van der Waals surface area contributed by atoms with Crippen molar-refractivity contribution in [2.45, 2.75) is 39.3 Å². The number of nitrogens with zero attached hydrogens (tertiary/aromatic N) is 3. The molecule has 2 heterocycles. The van der Waals surface area contributed by atoms with Crippen LogP contribution in [0.25, 0.3) is 0 Å². The Labute approximate surface area is 179 Å². The smallest absolute Gasteiger partial charge is 0.244 e. The molecule has 6 nitrogen and oxygen atoms in total. The van der Waals surface area contributed by atoms with E-state index in [1.165, 1.54) is 0 Å². The Bertz CT molecular complexity index is 800. The molecular weight excluding hydrogens is 376 g/mol. The van der Waals surface area contributed by atoms with Crippen LogP contribution in [0.4, 0.5) is 0 Å². The summed E-state index contributed by atoms with van der Waals surface area (Å²) in [5.41, 5.74) is 2.02. The van der Waals surface area contributed by atoms with E-state index in [0.29, 0.717) is 32.5 Å². The molecule has 2 aromatic rings. The Balaban J connectivity index is 1.58. The number of carbonyl (C=O) groups is 2. The summed E-state index contributed by atoms with van der Waals surface area (Å²) in [5, 5.41) is 3.01. The van der Waals surface area contributed by atoms with Crippen LogP contribution < -0.4 is 5.32 Å². The molecule has 0 spiro atoms. The fourth-order valence-electron chi connectivity index (χ4n) is 4.10. The Kier molecular flexibility index (Phi) is 7.97. The fourth-order valence-corrected chi connectivity index (χ4v) is 4.10. The number of benzene rings is 1. The molecule has 6 heteroatoms. The lowest BCUT2D eigenvalue weighted by molar-refractivity contribution is -0.140. The van der Waals surface area contributed by atoms with Gasteiger partial charge in [0.25, 0.3) is 0 Å². The first-order chi connectivity index (χ1) is 14.6. The Hall–Kier alpha value is -2.73. The molecule has 1 N–H and O–H groups in total. The third-order valence-corrected chi connectivity index (χ3v) is 5.89. The van der Waals surface area contributed by atoms with E-state index in [-0.39, 0.29) is 23.8 Å². The minimum atomic E-state index is -0.267. The second kappa shape index (κ2) is 10.9. The van der Waals surface area contributed by atoms with E-state index in [1.807, 2.05) is 47.4 Å². The summed E-state index contributed by atoms with van der Waals surface area (Å²) in [4.78, 5) is 34.2. The van der Waals surface area contributed by atoms with Gasteiger partial charge in [0.15, 0.2) is 0 Å². The molecule has 1 aliphatic heterocycles. The van der Waals surface area contributed by atoms with E-state index in [9.17, 15) is 9.59 Å². The number of pyridine rings is 1. The van der Waals surface area contributed by atoms with Crippen LogP contribution in [0.15, 0.2) is 54.9 Å². The second-order valence-electron chi connectivity index (χ2n) is 7.71. The highest BCUT2D eigenvalue weighted by Gasteiger charge is 2.33. The number of hydrogen-bond donors (Lipinski definition) is 1. The van der Waals surface area contributed by atoms with Crippen LogP contribution in [-0.4, -0.2) is 52.8 Å². The van der Waals surface area contributed by atoms with Crippen LogP contribution in [-0.2, 0) is 16.1 Å². The maximum absolute atomic E-state index is 13.4. The fraction of sp³-hybridized carbons (Fsp3) is 0.458. The minimum Gasteiger partial charge on any atom is -0.352 e. The summed E-state index contributed by atoms with van der Waals surface area (Å²) in [6.45, 7) is 7.54. The Morgan fingerprint density at radius 2 is 1.80 bits per heavy atom. The molecule has 0 radical (unpaired) electrons. The highest BCUT2D eigenvalue weighted by Crippen LogP contribution is 2.26. The van der Waals surface area contributed by atoms with Gasteiger partial charge in [-0.1, -0.05) is 50.2 Å². The number of nitrogens with one attached hydrogen (secondary N) is 1. The average molecular weight is 409 g/mol. The molecule has 30 heavy (non-hydrogen) atoms. The third kappa shape index (κ3) is 5.45. The number of rotatable bonds is 8. The highest BCUT2D eigenvalue weighted by molar-refractivity contribution is 5.84. The van der Waals surface area contributed by atoms with E-state index in [4.69, 9.17) is 0 Å². The minimum absolute atomic E-state index is 0.0469. The molecule has 2 amide bonds. The van der Waals surface area contributed by atoms with Gasteiger partial charge in [-0.05, 0) is 43.1 Å². The molecule has 1 aromatic heterocycles. The lowest BCUT2D eigenvalue weighted by atomic mass is 9.94. The number of piperidine rings is 1. The standard InChI is InChI=1S/C24H32N4O2/c1-3-27(4-2)22(20-10-6-5-7-11-20)24(30)28-15-12-21(13-16-28)23(29)26-18-19-9-8-14-25-17-19/h5-11,14,17,21-22H,3-4,12-13,15-16,18H2,1-2H3,(H,26,29). The second-order valence-corrected chi connectivity index (χ2v) is 7.71. The van der Waals surface area contributed by atoms with E-state index in [0.717, 1.165) is 24.2 Å². The van der Waals surface area contributed by atoms with E-state index >= 15 is 0 Å². The SMILES string of the molecule is CCN(CC)C(C(=O)N1CCC(C(=O)NCc2cccnc2)CC1)c1ccccc1. The number of amides is 2. The molecule has 160 valence electrons. The van der Waals surface area contributed by atoms with Gasteiger partial charge in [-0.2, -0.15) is 0 Å². The summed E-state index contributed by atoms with van der Waals surface area (Å²) < 4.78 is 0. The molecule has 1 atom stereocenters. The largest absolute Gasteiger partial charge is 0.352 e. The first-order valence-corrected chi connectivity index (χ1v) is 10.9. The number of likely N-dealkylation sites (tertiary alicyclic amines) is 1. The van der Waals surface area contributed by atoms with Crippen molar-refractivity contribution in [3.63, 3.8) is 0 Å². The molecule has 1 unspecified atom stereocenters. The van der Waals surface area contributed by atoms with Gasteiger partial charge in [0, 0.05) is 37.9 Å². The monoisotopic (exact) mass is 408 g/mol. The van der Waals surface area contributed by atoms with Gasteiger partial charge in [-0.25, -0.2) is 0 Å². The van der Waals surface area contributed by atoms with Crippen LogP contribution >= 0.6 is 0 Å².